The number of fused-ring (bicyclic) bond motifs is 1. The van der Waals surface area contributed by atoms with E-state index in [-0.39, 0.29) is 24.3 Å². The number of pyridine rings is 1. The number of hydrogen-bond acceptors (Lipinski definition) is 7. The molecule has 5 rings (SSSR count). The number of benzene rings is 1. The lowest BCUT2D eigenvalue weighted by Gasteiger charge is -2.20. The predicted octanol–water partition coefficient (Wildman–Crippen LogP) is 2.95. The second-order valence-corrected chi connectivity index (χ2v) is 9.27. The van der Waals surface area contributed by atoms with Gasteiger partial charge in [-0.3, -0.25) is 23.9 Å². The number of hydrogen-bond donors (Lipinski definition) is 0. The molecule has 0 radical (unpaired) electrons. The van der Waals surface area contributed by atoms with E-state index < -0.39 is 0 Å². The summed E-state index contributed by atoms with van der Waals surface area (Å²) >= 11 is 1.40. The van der Waals surface area contributed by atoms with E-state index in [9.17, 15) is 14.4 Å². The third-order valence-corrected chi connectivity index (χ3v) is 6.92. The molecule has 1 fully saturated rings. The molecule has 0 spiro atoms. The van der Waals surface area contributed by atoms with Crippen molar-refractivity contribution in [1.29, 1.82) is 0 Å². The summed E-state index contributed by atoms with van der Waals surface area (Å²) < 4.78 is 1.85. The fraction of sp³-hybridized carbons (Fsp3) is 0.333. The summed E-state index contributed by atoms with van der Waals surface area (Å²) in [5, 5.41) is 9.34. The van der Waals surface area contributed by atoms with Gasteiger partial charge in [-0.15, -0.1) is 10.2 Å². The van der Waals surface area contributed by atoms with Crippen molar-refractivity contribution in [2.24, 2.45) is 0 Å². The van der Waals surface area contributed by atoms with Crippen LogP contribution in [0.4, 0.5) is 0 Å². The van der Waals surface area contributed by atoms with Gasteiger partial charge in [-0.2, -0.15) is 0 Å². The summed E-state index contributed by atoms with van der Waals surface area (Å²) in [6, 6.07) is 12.5. The van der Waals surface area contributed by atoms with Crippen LogP contribution in [-0.2, 0) is 11.3 Å². The Hall–Kier alpha value is -3.53. The molecule has 3 amide bonds. The van der Waals surface area contributed by atoms with Crippen molar-refractivity contribution in [3.63, 3.8) is 0 Å². The molecule has 9 nitrogen and oxygen atoms in total. The number of likely N-dealkylation sites (tertiary alicyclic amines) is 1. The molecule has 0 bridgehead atoms. The highest BCUT2D eigenvalue weighted by Gasteiger charge is 2.34. The Kier molecular flexibility index (Phi) is 6.39. The average molecular weight is 477 g/mol. The molecule has 2 aromatic heterocycles. The van der Waals surface area contributed by atoms with E-state index in [1.165, 1.54) is 16.7 Å². The maximum Gasteiger partial charge on any atom is 0.261 e. The first-order valence-corrected chi connectivity index (χ1v) is 12.3. The van der Waals surface area contributed by atoms with Gasteiger partial charge < -0.3 is 4.90 Å². The summed E-state index contributed by atoms with van der Waals surface area (Å²) in [5.41, 5.74) is 0.886. The van der Waals surface area contributed by atoms with Gasteiger partial charge in [0, 0.05) is 31.5 Å². The number of thioether (sulfide) groups is 1. The Morgan fingerprint density at radius 2 is 1.65 bits per heavy atom. The number of rotatable bonds is 7. The Morgan fingerprint density at radius 3 is 2.38 bits per heavy atom. The van der Waals surface area contributed by atoms with E-state index in [0.717, 1.165) is 19.3 Å². The largest absolute Gasteiger partial charge is 0.335 e. The molecule has 0 atom stereocenters. The molecule has 3 aromatic rings. The molecule has 1 saturated heterocycles. The summed E-state index contributed by atoms with van der Waals surface area (Å²) in [7, 11) is 0. The first-order chi connectivity index (χ1) is 16.6. The maximum absolute atomic E-state index is 12.6. The smallest absolute Gasteiger partial charge is 0.261 e. The minimum Gasteiger partial charge on any atom is -0.335 e. The summed E-state index contributed by atoms with van der Waals surface area (Å²) in [6.45, 7) is 1.32. The zero-order valence-electron chi connectivity index (χ0n) is 18.6. The number of carbonyl (C=O) groups excluding carboxylic acids is 3. The van der Waals surface area contributed by atoms with E-state index in [1.807, 2.05) is 27.7 Å². The minimum atomic E-state index is -0.271. The van der Waals surface area contributed by atoms with E-state index >= 15 is 0 Å². The monoisotopic (exact) mass is 476 g/mol. The van der Waals surface area contributed by atoms with Crippen LogP contribution in [0.5, 0.6) is 0 Å². The van der Waals surface area contributed by atoms with Crippen LogP contribution in [0, 0.1) is 0 Å². The first-order valence-electron chi connectivity index (χ1n) is 11.3. The Bertz CT molecular complexity index is 1190. The van der Waals surface area contributed by atoms with E-state index in [0.29, 0.717) is 53.2 Å². The van der Waals surface area contributed by atoms with Crippen LogP contribution < -0.4 is 0 Å². The van der Waals surface area contributed by atoms with Crippen molar-refractivity contribution < 1.29 is 14.4 Å². The van der Waals surface area contributed by atoms with E-state index in [4.69, 9.17) is 0 Å². The van der Waals surface area contributed by atoms with Crippen LogP contribution in [-0.4, -0.2) is 66.1 Å². The summed E-state index contributed by atoms with van der Waals surface area (Å²) in [4.78, 5) is 45.4. The van der Waals surface area contributed by atoms with Gasteiger partial charge in [-0.25, -0.2) is 4.98 Å². The zero-order chi connectivity index (χ0) is 23.5. The maximum atomic E-state index is 12.6. The lowest BCUT2D eigenvalue weighted by atomic mass is 10.1. The zero-order valence-corrected chi connectivity index (χ0v) is 19.4. The average Bonchev–Trinajstić information content (AvgIpc) is 3.28. The van der Waals surface area contributed by atoms with Gasteiger partial charge in [0.1, 0.15) is 5.82 Å². The van der Waals surface area contributed by atoms with Crippen LogP contribution in [0.15, 0.2) is 53.8 Å². The van der Waals surface area contributed by atoms with E-state index in [2.05, 4.69) is 15.2 Å². The highest BCUT2D eigenvalue weighted by atomic mass is 32.2. The van der Waals surface area contributed by atoms with Crippen LogP contribution in [0.2, 0.25) is 0 Å². The second-order valence-electron chi connectivity index (χ2n) is 8.20. The Labute approximate surface area is 201 Å². The fourth-order valence-corrected chi connectivity index (χ4v) is 5.14. The molecule has 0 unspecified atom stereocenters. The molecular weight excluding hydrogens is 452 g/mol. The third kappa shape index (κ3) is 4.33. The van der Waals surface area contributed by atoms with E-state index in [1.54, 1.807) is 30.5 Å². The van der Waals surface area contributed by atoms with Crippen LogP contribution in [0.3, 0.4) is 0 Å². The number of aromatic nitrogens is 4. The van der Waals surface area contributed by atoms with Crippen LogP contribution in [0.1, 0.15) is 52.2 Å². The van der Waals surface area contributed by atoms with Crippen molar-refractivity contribution in [3.05, 3.63) is 65.6 Å². The summed E-state index contributed by atoms with van der Waals surface area (Å²) in [6.07, 6.45) is 5.20. The van der Waals surface area contributed by atoms with Crippen molar-refractivity contribution in [3.8, 4) is 5.82 Å². The van der Waals surface area contributed by atoms with Crippen molar-refractivity contribution in [2.45, 2.75) is 37.4 Å². The first kappa shape index (κ1) is 22.3. The van der Waals surface area contributed by atoms with Crippen molar-refractivity contribution in [1.82, 2.24) is 29.5 Å². The molecule has 4 heterocycles. The molecule has 0 aliphatic carbocycles. The standard InChI is InChI=1S/C24H24N6O3S/c31-21-11-2-1-7-13-28(21)16-20-26-27-24(30(20)19-10-5-6-12-25-19)34-15-14-29-22(32)17-8-3-4-9-18(17)23(29)33/h3-6,8-10,12H,1-2,7,11,13-16H2. The Morgan fingerprint density at radius 1 is 0.882 bits per heavy atom. The topological polar surface area (TPSA) is 101 Å². The SMILES string of the molecule is O=C1CCCCCN1Cc1nnc(SCCN2C(=O)c3ccccc3C2=O)n1-c1ccccn1. The van der Waals surface area contributed by atoms with Gasteiger partial charge in [0.15, 0.2) is 11.0 Å². The van der Waals surface area contributed by atoms with Crippen molar-refractivity contribution in [2.75, 3.05) is 18.8 Å². The number of imide groups is 1. The fourth-order valence-electron chi connectivity index (χ4n) is 4.26. The molecule has 34 heavy (non-hydrogen) atoms. The quantitative estimate of drug-likeness (QED) is 0.382. The lowest BCUT2D eigenvalue weighted by Crippen LogP contribution is -2.32. The molecule has 1 aromatic carbocycles. The van der Waals surface area contributed by atoms with Gasteiger partial charge in [0.25, 0.3) is 11.8 Å². The predicted molar refractivity (Wildman–Crippen MR) is 126 cm³/mol. The molecule has 0 saturated carbocycles. The number of amides is 3. The normalized spacial score (nSPS) is 16.2. The van der Waals surface area contributed by atoms with Gasteiger partial charge in [-0.05, 0) is 37.1 Å². The molecule has 2 aliphatic heterocycles. The molecular formula is C24H24N6O3S. The van der Waals surface area contributed by atoms with Gasteiger partial charge in [0.2, 0.25) is 5.91 Å². The van der Waals surface area contributed by atoms with Crippen LogP contribution >= 0.6 is 11.8 Å². The lowest BCUT2D eigenvalue weighted by molar-refractivity contribution is -0.131. The highest BCUT2D eigenvalue weighted by molar-refractivity contribution is 7.99. The molecule has 0 N–H and O–H groups in total. The van der Waals surface area contributed by atoms with Crippen molar-refractivity contribution >= 4 is 29.5 Å². The van der Waals surface area contributed by atoms with Gasteiger partial charge in [0.05, 0.1) is 17.7 Å². The van der Waals surface area contributed by atoms with Gasteiger partial charge in [-0.1, -0.05) is 36.4 Å². The third-order valence-electron chi connectivity index (χ3n) is 6.01. The number of carbonyl (C=O) groups is 3. The molecule has 2 aliphatic rings. The minimum absolute atomic E-state index is 0.132. The Balaban J connectivity index is 1.33. The van der Waals surface area contributed by atoms with Crippen LogP contribution in [0.25, 0.3) is 5.82 Å². The highest BCUT2D eigenvalue weighted by Crippen LogP contribution is 2.26. The molecule has 10 heteroatoms. The second kappa shape index (κ2) is 9.76. The number of nitrogens with zero attached hydrogens (tertiary/aromatic N) is 6. The van der Waals surface area contributed by atoms with Gasteiger partial charge >= 0.3 is 0 Å². The molecule has 174 valence electrons. The summed E-state index contributed by atoms with van der Waals surface area (Å²) in [5.74, 6) is 1.35.